The number of hydrogen-bond donors (Lipinski definition) is 1. The SMILES string of the molecule is Nc1cc(F)ccc1CS(=O)(=O)c1cc(F)ccc1F. The van der Waals surface area contributed by atoms with E-state index in [0.29, 0.717) is 6.07 Å². The lowest BCUT2D eigenvalue weighted by molar-refractivity contribution is 0.552. The fraction of sp³-hybridized carbons (Fsp3) is 0.0769. The Morgan fingerprint density at radius 3 is 2.20 bits per heavy atom. The highest BCUT2D eigenvalue weighted by atomic mass is 32.2. The minimum absolute atomic E-state index is 0.0645. The summed E-state index contributed by atoms with van der Waals surface area (Å²) in [6.45, 7) is 0. The van der Waals surface area contributed by atoms with Crippen LogP contribution in [0.25, 0.3) is 0 Å². The maximum absolute atomic E-state index is 13.5. The van der Waals surface area contributed by atoms with Crippen LogP contribution in [0.15, 0.2) is 41.3 Å². The summed E-state index contributed by atoms with van der Waals surface area (Å²) in [5.41, 5.74) is 5.56. The second-order valence-electron chi connectivity index (χ2n) is 4.18. The van der Waals surface area contributed by atoms with Crippen LogP contribution in [0.1, 0.15) is 5.56 Å². The lowest BCUT2D eigenvalue weighted by Gasteiger charge is -2.08. The van der Waals surface area contributed by atoms with Gasteiger partial charge < -0.3 is 5.73 Å². The number of benzene rings is 2. The van der Waals surface area contributed by atoms with Crippen LogP contribution < -0.4 is 5.73 Å². The molecule has 0 fully saturated rings. The summed E-state index contributed by atoms with van der Waals surface area (Å²) in [6.07, 6.45) is 0. The van der Waals surface area contributed by atoms with Crippen molar-refractivity contribution in [2.75, 3.05) is 5.73 Å². The van der Waals surface area contributed by atoms with E-state index in [0.717, 1.165) is 24.3 Å². The van der Waals surface area contributed by atoms with E-state index in [4.69, 9.17) is 5.73 Å². The van der Waals surface area contributed by atoms with Crippen molar-refractivity contribution in [3.8, 4) is 0 Å². The molecule has 3 nitrogen and oxygen atoms in total. The first kappa shape index (κ1) is 14.4. The van der Waals surface area contributed by atoms with Gasteiger partial charge in [0.1, 0.15) is 22.3 Å². The van der Waals surface area contributed by atoms with Crippen molar-refractivity contribution in [2.24, 2.45) is 0 Å². The van der Waals surface area contributed by atoms with Crippen molar-refractivity contribution in [3.63, 3.8) is 0 Å². The molecular formula is C13H10F3NO2S. The molecule has 20 heavy (non-hydrogen) atoms. The van der Waals surface area contributed by atoms with Gasteiger partial charge in [0.25, 0.3) is 0 Å². The van der Waals surface area contributed by atoms with Crippen LogP contribution in [0.2, 0.25) is 0 Å². The molecule has 106 valence electrons. The van der Waals surface area contributed by atoms with Crippen LogP contribution in [-0.2, 0) is 15.6 Å². The highest BCUT2D eigenvalue weighted by Gasteiger charge is 2.21. The number of nitrogens with two attached hydrogens (primary N) is 1. The van der Waals surface area contributed by atoms with Gasteiger partial charge in [0, 0.05) is 5.69 Å². The number of rotatable bonds is 3. The molecule has 0 saturated carbocycles. The Hall–Kier alpha value is -2.02. The molecule has 0 aliphatic heterocycles. The molecule has 0 aliphatic rings. The fourth-order valence-corrected chi connectivity index (χ4v) is 3.18. The highest BCUT2D eigenvalue weighted by Crippen LogP contribution is 2.23. The highest BCUT2D eigenvalue weighted by molar-refractivity contribution is 7.90. The first-order chi connectivity index (χ1) is 9.29. The molecule has 2 aromatic rings. The van der Waals surface area contributed by atoms with Gasteiger partial charge in [-0.05, 0) is 35.9 Å². The van der Waals surface area contributed by atoms with Crippen molar-refractivity contribution in [1.82, 2.24) is 0 Å². The summed E-state index contributed by atoms with van der Waals surface area (Å²) in [7, 11) is -4.12. The minimum Gasteiger partial charge on any atom is -0.398 e. The van der Waals surface area contributed by atoms with Gasteiger partial charge in [0.15, 0.2) is 9.84 Å². The van der Waals surface area contributed by atoms with Gasteiger partial charge in [-0.1, -0.05) is 6.07 Å². The first-order valence-electron chi connectivity index (χ1n) is 5.51. The Bertz CT molecular complexity index is 760. The number of halogens is 3. The topological polar surface area (TPSA) is 60.2 Å². The predicted octanol–water partition coefficient (Wildman–Crippen LogP) is 2.66. The van der Waals surface area contributed by atoms with Crippen molar-refractivity contribution in [1.29, 1.82) is 0 Å². The van der Waals surface area contributed by atoms with Crippen LogP contribution in [0, 0.1) is 17.5 Å². The Morgan fingerprint density at radius 2 is 1.55 bits per heavy atom. The number of sulfone groups is 1. The Kier molecular flexibility index (Phi) is 3.71. The average molecular weight is 301 g/mol. The third-order valence-electron chi connectivity index (χ3n) is 2.68. The molecule has 2 aromatic carbocycles. The monoisotopic (exact) mass is 301 g/mol. The largest absolute Gasteiger partial charge is 0.398 e. The lowest BCUT2D eigenvalue weighted by Crippen LogP contribution is -2.09. The van der Waals surface area contributed by atoms with E-state index in [9.17, 15) is 21.6 Å². The molecule has 0 aliphatic carbocycles. The maximum Gasteiger partial charge on any atom is 0.185 e. The van der Waals surface area contributed by atoms with Gasteiger partial charge in [-0.25, -0.2) is 21.6 Å². The predicted molar refractivity (Wildman–Crippen MR) is 68.1 cm³/mol. The lowest BCUT2D eigenvalue weighted by atomic mass is 10.2. The Balaban J connectivity index is 2.43. The van der Waals surface area contributed by atoms with Gasteiger partial charge in [-0.15, -0.1) is 0 Å². The molecule has 0 atom stereocenters. The Morgan fingerprint density at radius 1 is 0.950 bits per heavy atom. The van der Waals surface area contributed by atoms with Gasteiger partial charge >= 0.3 is 0 Å². The summed E-state index contributed by atoms with van der Waals surface area (Å²) in [5.74, 6) is -3.16. The van der Waals surface area contributed by atoms with E-state index >= 15 is 0 Å². The van der Waals surface area contributed by atoms with Crippen LogP contribution in [0.3, 0.4) is 0 Å². The van der Waals surface area contributed by atoms with Gasteiger partial charge in [0.2, 0.25) is 0 Å². The summed E-state index contributed by atoms with van der Waals surface area (Å²) in [4.78, 5) is -0.749. The summed E-state index contributed by atoms with van der Waals surface area (Å²) >= 11 is 0. The minimum atomic E-state index is -4.12. The van der Waals surface area contributed by atoms with Gasteiger partial charge in [-0.2, -0.15) is 0 Å². The zero-order valence-electron chi connectivity index (χ0n) is 10.1. The molecule has 2 N–H and O–H groups in total. The van der Waals surface area contributed by atoms with E-state index in [1.165, 1.54) is 6.07 Å². The van der Waals surface area contributed by atoms with Gasteiger partial charge in [0.05, 0.1) is 5.75 Å². The molecule has 0 amide bonds. The van der Waals surface area contributed by atoms with Crippen molar-refractivity contribution >= 4 is 15.5 Å². The molecule has 2 rings (SSSR count). The van der Waals surface area contributed by atoms with Crippen LogP contribution in [0.5, 0.6) is 0 Å². The maximum atomic E-state index is 13.5. The van der Waals surface area contributed by atoms with E-state index in [1.54, 1.807) is 0 Å². The second kappa shape index (κ2) is 5.16. The zero-order chi connectivity index (χ0) is 14.9. The summed E-state index contributed by atoms with van der Waals surface area (Å²) in [6, 6.07) is 5.36. The van der Waals surface area contributed by atoms with E-state index in [-0.39, 0.29) is 11.3 Å². The number of anilines is 1. The second-order valence-corrected chi connectivity index (χ2v) is 6.13. The molecule has 0 unspecified atom stereocenters. The van der Waals surface area contributed by atoms with E-state index < -0.39 is 37.9 Å². The number of hydrogen-bond acceptors (Lipinski definition) is 3. The molecule has 7 heteroatoms. The molecule has 0 spiro atoms. The summed E-state index contributed by atoms with van der Waals surface area (Å²) < 4.78 is 63.5. The Labute approximate surface area is 113 Å². The summed E-state index contributed by atoms with van der Waals surface area (Å²) in [5, 5.41) is 0. The standard InChI is InChI=1S/C13H10F3NO2S/c14-9-2-1-8(12(17)5-9)7-20(18,19)13-6-10(15)3-4-11(13)16/h1-6H,7,17H2. The van der Waals surface area contributed by atoms with Crippen LogP contribution in [-0.4, -0.2) is 8.42 Å². The van der Waals surface area contributed by atoms with Crippen LogP contribution >= 0.6 is 0 Å². The molecule has 0 radical (unpaired) electrons. The quantitative estimate of drug-likeness (QED) is 0.887. The van der Waals surface area contributed by atoms with Crippen molar-refractivity contribution in [3.05, 3.63) is 59.4 Å². The van der Waals surface area contributed by atoms with E-state index in [2.05, 4.69) is 0 Å². The first-order valence-corrected chi connectivity index (χ1v) is 7.16. The molecule has 0 aromatic heterocycles. The molecule has 0 saturated heterocycles. The van der Waals surface area contributed by atoms with Crippen molar-refractivity contribution in [2.45, 2.75) is 10.6 Å². The smallest absolute Gasteiger partial charge is 0.185 e. The molecule has 0 heterocycles. The van der Waals surface area contributed by atoms with Crippen LogP contribution in [0.4, 0.5) is 18.9 Å². The fourth-order valence-electron chi connectivity index (χ4n) is 1.70. The zero-order valence-corrected chi connectivity index (χ0v) is 10.9. The van der Waals surface area contributed by atoms with Gasteiger partial charge in [-0.3, -0.25) is 0 Å². The van der Waals surface area contributed by atoms with Crippen molar-refractivity contribution < 1.29 is 21.6 Å². The average Bonchev–Trinajstić information content (AvgIpc) is 2.35. The molecular weight excluding hydrogens is 291 g/mol. The number of nitrogen functional groups attached to an aromatic ring is 1. The molecule has 0 bridgehead atoms. The normalized spacial score (nSPS) is 11.6. The third kappa shape index (κ3) is 2.93. The third-order valence-corrected chi connectivity index (χ3v) is 4.36. The van der Waals surface area contributed by atoms with E-state index in [1.807, 2.05) is 0 Å².